The highest BCUT2D eigenvalue weighted by atomic mass is 16.5. The molecule has 1 fully saturated rings. The summed E-state index contributed by atoms with van der Waals surface area (Å²) < 4.78 is 10.7. The highest BCUT2D eigenvalue weighted by molar-refractivity contribution is 5.68. The summed E-state index contributed by atoms with van der Waals surface area (Å²) in [4.78, 5) is 10.6. The Bertz CT molecular complexity index is 167. The van der Waals surface area contributed by atoms with Crippen molar-refractivity contribution in [1.29, 1.82) is 0 Å². The van der Waals surface area contributed by atoms with Gasteiger partial charge >= 0.3 is 5.97 Å². The lowest BCUT2D eigenvalue weighted by Gasteiger charge is -2.35. The van der Waals surface area contributed by atoms with Gasteiger partial charge in [0.1, 0.15) is 5.60 Å². The SMILES string of the molecule is CCOC1(CC(=O)O)CCCOC1. The van der Waals surface area contributed by atoms with Crippen LogP contribution in [0.4, 0.5) is 0 Å². The molecule has 1 heterocycles. The van der Waals surface area contributed by atoms with E-state index in [1.165, 1.54) is 0 Å². The van der Waals surface area contributed by atoms with Gasteiger partial charge in [0.25, 0.3) is 0 Å². The molecule has 0 bridgehead atoms. The molecule has 1 saturated heterocycles. The fourth-order valence-corrected chi connectivity index (χ4v) is 1.71. The maximum atomic E-state index is 10.6. The maximum absolute atomic E-state index is 10.6. The summed E-state index contributed by atoms with van der Waals surface area (Å²) >= 11 is 0. The zero-order valence-electron chi connectivity index (χ0n) is 7.91. The van der Waals surface area contributed by atoms with Crippen LogP contribution in [0.3, 0.4) is 0 Å². The van der Waals surface area contributed by atoms with Crippen LogP contribution in [0.1, 0.15) is 26.2 Å². The lowest BCUT2D eigenvalue weighted by atomic mass is 9.92. The van der Waals surface area contributed by atoms with Crippen molar-refractivity contribution in [2.75, 3.05) is 19.8 Å². The molecule has 0 aromatic rings. The molecule has 13 heavy (non-hydrogen) atoms. The molecule has 0 aromatic heterocycles. The molecule has 0 amide bonds. The first-order valence-corrected chi connectivity index (χ1v) is 4.62. The van der Waals surface area contributed by atoms with Crippen molar-refractivity contribution in [1.82, 2.24) is 0 Å². The van der Waals surface area contributed by atoms with Crippen LogP contribution in [0.5, 0.6) is 0 Å². The van der Waals surface area contributed by atoms with Crippen LogP contribution in [0.15, 0.2) is 0 Å². The molecule has 1 rings (SSSR count). The molecule has 4 heteroatoms. The van der Waals surface area contributed by atoms with Crippen LogP contribution in [0, 0.1) is 0 Å². The first-order chi connectivity index (χ1) is 6.18. The van der Waals surface area contributed by atoms with Crippen molar-refractivity contribution in [2.45, 2.75) is 31.8 Å². The molecule has 0 spiro atoms. The third-order valence-electron chi connectivity index (χ3n) is 2.21. The molecular formula is C9H16O4. The summed E-state index contributed by atoms with van der Waals surface area (Å²) in [7, 11) is 0. The molecule has 1 aliphatic rings. The van der Waals surface area contributed by atoms with Crippen LogP contribution >= 0.6 is 0 Å². The zero-order valence-corrected chi connectivity index (χ0v) is 7.91. The minimum atomic E-state index is -0.820. The second-order valence-corrected chi connectivity index (χ2v) is 3.34. The van der Waals surface area contributed by atoms with Crippen LogP contribution in [-0.2, 0) is 14.3 Å². The van der Waals surface area contributed by atoms with E-state index in [4.69, 9.17) is 14.6 Å². The summed E-state index contributed by atoms with van der Waals surface area (Å²) in [5, 5.41) is 8.72. The van der Waals surface area contributed by atoms with Gasteiger partial charge in [-0.2, -0.15) is 0 Å². The van der Waals surface area contributed by atoms with Crippen LogP contribution in [0.2, 0.25) is 0 Å². The predicted octanol–water partition coefficient (Wildman–Crippen LogP) is 1.05. The Morgan fingerprint density at radius 3 is 2.92 bits per heavy atom. The van der Waals surface area contributed by atoms with E-state index >= 15 is 0 Å². The third-order valence-corrected chi connectivity index (χ3v) is 2.21. The fourth-order valence-electron chi connectivity index (χ4n) is 1.71. The lowest BCUT2D eigenvalue weighted by molar-refractivity contribution is -0.159. The molecule has 1 aliphatic heterocycles. The van der Waals surface area contributed by atoms with Crippen molar-refractivity contribution < 1.29 is 19.4 Å². The van der Waals surface area contributed by atoms with Crippen LogP contribution in [0.25, 0.3) is 0 Å². The summed E-state index contributed by atoms with van der Waals surface area (Å²) in [6, 6.07) is 0. The van der Waals surface area contributed by atoms with Gasteiger partial charge in [-0.05, 0) is 19.8 Å². The maximum Gasteiger partial charge on any atom is 0.306 e. The van der Waals surface area contributed by atoms with E-state index in [1.54, 1.807) is 0 Å². The number of hydrogen-bond acceptors (Lipinski definition) is 3. The predicted molar refractivity (Wildman–Crippen MR) is 46.7 cm³/mol. The molecular weight excluding hydrogens is 172 g/mol. The minimum Gasteiger partial charge on any atom is -0.481 e. The Morgan fingerprint density at radius 1 is 1.69 bits per heavy atom. The zero-order chi connectivity index (χ0) is 9.73. The van der Waals surface area contributed by atoms with Crippen LogP contribution < -0.4 is 0 Å². The first-order valence-electron chi connectivity index (χ1n) is 4.62. The van der Waals surface area contributed by atoms with Gasteiger partial charge in [0.05, 0.1) is 13.0 Å². The van der Waals surface area contributed by atoms with Gasteiger partial charge in [-0.1, -0.05) is 0 Å². The summed E-state index contributed by atoms with van der Waals surface area (Å²) in [5.74, 6) is -0.820. The van der Waals surface area contributed by atoms with Crippen molar-refractivity contribution in [3.8, 4) is 0 Å². The largest absolute Gasteiger partial charge is 0.481 e. The van der Waals surface area contributed by atoms with E-state index in [0.717, 1.165) is 12.8 Å². The molecule has 0 radical (unpaired) electrons. The number of carboxylic acids is 1. The summed E-state index contributed by atoms with van der Waals surface area (Å²) in [6.45, 7) is 3.54. The van der Waals surface area contributed by atoms with Crippen molar-refractivity contribution >= 4 is 5.97 Å². The molecule has 76 valence electrons. The Hall–Kier alpha value is -0.610. The van der Waals surface area contributed by atoms with E-state index < -0.39 is 11.6 Å². The van der Waals surface area contributed by atoms with E-state index in [9.17, 15) is 4.79 Å². The van der Waals surface area contributed by atoms with Gasteiger partial charge in [0.2, 0.25) is 0 Å². The topological polar surface area (TPSA) is 55.8 Å². The standard InChI is InChI=1S/C9H16O4/c1-2-13-9(6-8(10)11)4-3-5-12-7-9/h2-7H2,1H3,(H,10,11). The van der Waals surface area contributed by atoms with E-state index in [1.807, 2.05) is 6.92 Å². The Balaban J connectivity index is 2.55. The van der Waals surface area contributed by atoms with Gasteiger partial charge in [0.15, 0.2) is 0 Å². The highest BCUT2D eigenvalue weighted by Crippen LogP contribution is 2.26. The van der Waals surface area contributed by atoms with Crippen molar-refractivity contribution in [2.24, 2.45) is 0 Å². The molecule has 1 N–H and O–H groups in total. The first kappa shape index (κ1) is 10.5. The average Bonchev–Trinajstić information content (AvgIpc) is 2.04. The Kier molecular flexibility index (Phi) is 3.69. The average molecular weight is 188 g/mol. The fraction of sp³-hybridized carbons (Fsp3) is 0.889. The number of hydrogen-bond donors (Lipinski definition) is 1. The third kappa shape index (κ3) is 2.97. The second-order valence-electron chi connectivity index (χ2n) is 3.34. The van der Waals surface area contributed by atoms with Gasteiger partial charge < -0.3 is 14.6 Å². The van der Waals surface area contributed by atoms with E-state index in [0.29, 0.717) is 19.8 Å². The molecule has 0 saturated carbocycles. The molecule has 1 atom stereocenters. The lowest BCUT2D eigenvalue weighted by Crippen LogP contribution is -2.43. The number of rotatable bonds is 4. The number of aliphatic carboxylic acids is 1. The molecule has 1 unspecified atom stereocenters. The Labute approximate surface area is 77.8 Å². The van der Waals surface area contributed by atoms with Gasteiger partial charge in [0, 0.05) is 13.2 Å². The highest BCUT2D eigenvalue weighted by Gasteiger charge is 2.35. The van der Waals surface area contributed by atoms with E-state index in [-0.39, 0.29) is 6.42 Å². The Morgan fingerprint density at radius 2 is 2.46 bits per heavy atom. The smallest absolute Gasteiger partial charge is 0.306 e. The number of carbonyl (C=O) groups is 1. The summed E-state index contributed by atoms with van der Waals surface area (Å²) in [5.41, 5.74) is -0.571. The van der Waals surface area contributed by atoms with Crippen LogP contribution in [-0.4, -0.2) is 36.5 Å². The monoisotopic (exact) mass is 188 g/mol. The van der Waals surface area contributed by atoms with Gasteiger partial charge in [-0.15, -0.1) is 0 Å². The summed E-state index contributed by atoms with van der Waals surface area (Å²) in [6.07, 6.45) is 1.71. The van der Waals surface area contributed by atoms with Gasteiger partial charge in [-0.25, -0.2) is 0 Å². The number of ether oxygens (including phenoxy) is 2. The van der Waals surface area contributed by atoms with Crippen molar-refractivity contribution in [3.63, 3.8) is 0 Å². The van der Waals surface area contributed by atoms with Crippen molar-refractivity contribution in [3.05, 3.63) is 0 Å². The van der Waals surface area contributed by atoms with Gasteiger partial charge in [-0.3, -0.25) is 4.79 Å². The van der Waals surface area contributed by atoms with E-state index in [2.05, 4.69) is 0 Å². The quantitative estimate of drug-likeness (QED) is 0.716. The minimum absolute atomic E-state index is 0.0425. The molecule has 0 aromatic carbocycles. The normalized spacial score (nSPS) is 28.7. The number of carboxylic acid groups (broad SMARTS) is 1. The second kappa shape index (κ2) is 4.58. The molecule has 4 nitrogen and oxygen atoms in total. The molecule has 0 aliphatic carbocycles.